The summed E-state index contributed by atoms with van der Waals surface area (Å²) in [5.41, 5.74) is 1.81. The zero-order valence-corrected chi connectivity index (χ0v) is 10.2. The molecule has 6 heteroatoms. The van der Waals surface area contributed by atoms with Crippen molar-refractivity contribution in [1.29, 1.82) is 0 Å². The Morgan fingerprint density at radius 2 is 2.39 bits per heavy atom. The van der Waals surface area contributed by atoms with Crippen LogP contribution in [0.3, 0.4) is 0 Å². The van der Waals surface area contributed by atoms with E-state index >= 15 is 0 Å². The first kappa shape index (κ1) is 11.0. The predicted octanol–water partition coefficient (Wildman–Crippen LogP) is 0.659. The molecular weight excluding hydrogens is 230 g/mol. The van der Waals surface area contributed by atoms with Crippen molar-refractivity contribution in [2.75, 3.05) is 11.9 Å². The summed E-state index contributed by atoms with van der Waals surface area (Å²) in [5, 5.41) is 6.04. The summed E-state index contributed by atoms with van der Waals surface area (Å²) in [5.74, 6) is 0.714. The normalized spacial score (nSPS) is 19.8. The van der Waals surface area contributed by atoms with E-state index in [1.807, 2.05) is 17.7 Å². The maximum Gasteiger partial charge on any atom is 0.242 e. The van der Waals surface area contributed by atoms with Gasteiger partial charge in [-0.05, 0) is 18.9 Å². The molecule has 3 rings (SSSR count). The van der Waals surface area contributed by atoms with Crippen LogP contribution in [-0.4, -0.2) is 33.0 Å². The number of nitrogens with one attached hydrogen (secondary N) is 2. The average Bonchev–Trinajstić information content (AvgIpc) is 2.76. The molecule has 3 heterocycles. The van der Waals surface area contributed by atoms with Gasteiger partial charge in [0.2, 0.25) is 5.91 Å². The van der Waals surface area contributed by atoms with Crippen molar-refractivity contribution in [1.82, 2.24) is 19.9 Å². The molecule has 2 aromatic heterocycles. The first-order chi connectivity index (χ1) is 8.75. The van der Waals surface area contributed by atoms with Gasteiger partial charge in [0, 0.05) is 19.8 Å². The highest BCUT2D eigenvalue weighted by atomic mass is 16.2. The summed E-state index contributed by atoms with van der Waals surface area (Å²) in [6, 6.07) is 1.70. The monoisotopic (exact) mass is 245 g/mol. The van der Waals surface area contributed by atoms with Crippen LogP contribution in [-0.2, 0) is 11.8 Å². The molecule has 0 saturated carbocycles. The van der Waals surface area contributed by atoms with Crippen molar-refractivity contribution < 1.29 is 4.79 Å². The Morgan fingerprint density at radius 1 is 1.50 bits per heavy atom. The molecule has 1 aliphatic heterocycles. The number of rotatable bonds is 2. The van der Waals surface area contributed by atoms with Crippen LogP contribution in [0.25, 0.3) is 11.0 Å². The van der Waals surface area contributed by atoms with Crippen molar-refractivity contribution in [2.45, 2.75) is 18.9 Å². The minimum Gasteiger partial charge on any atom is -0.357 e. The minimum absolute atomic E-state index is 0.0379. The summed E-state index contributed by atoms with van der Waals surface area (Å²) in [7, 11) is 1.94. The Balaban J connectivity index is 1.92. The first-order valence-corrected chi connectivity index (χ1v) is 6.06. The largest absolute Gasteiger partial charge is 0.357 e. The van der Waals surface area contributed by atoms with Crippen molar-refractivity contribution in [2.24, 2.45) is 7.05 Å². The molecule has 1 saturated heterocycles. The molecule has 6 nitrogen and oxygen atoms in total. The molecule has 1 amide bonds. The minimum atomic E-state index is -0.209. The van der Waals surface area contributed by atoms with Gasteiger partial charge in [-0.2, -0.15) is 0 Å². The molecule has 1 atom stereocenters. The summed E-state index contributed by atoms with van der Waals surface area (Å²) >= 11 is 0. The Kier molecular flexibility index (Phi) is 2.62. The maximum atomic E-state index is 11.7. The topological polar surface area (TPSA) is 71.8 Å². The highest BCUT2D eigenvalue weighted by Gasteiger charge is 2.23. The molecule has 0 radical (unpaired) electrons. The van der Waals surface area contributed by atoms with E-state index in [1.165, 1.54) is 0 Å². The number of carbonyl (C=O) groups excluding carboxylic acids is 1. The lowest BCUT2D eigenvalue weighted by molar-refractivity contribution is -0.123. The second-order valence-corrected chi connectivity index (χ2v) is 4.51. The highest BCUT2D eigenvalue weighted by Crippen LogP contribution is 2.20. The fraction of sp³-hybridized carbons (Fsp3) is 0.417. The van der Waals surface area contributed by atoms with E-state index in [1.54, 1.807) is 12.5 Å². The maximum absolute atomic E-state index is 11.7. The fourth-order valence-electron chi connectivity index (χ4n) is 2.24. The zero-order valence-electron chi connectivity index (χ0n) is 10.2. The number of amides is 1. The summed E-state index contributed by atoms with van der Waals surface area (Å²) < 4.78 is 1.93. The predicted molar refractivity (Wildman–Crippen MR) is 68.2 cm³/mol. The second-order valence-electron chi connectivity index (χ2n) is 4.51. The SMILES string of the molecule is Cn1cnc2c(NC3CCCNC3=O)nccc21. The quantitative estimate of drug-likeness (QED) is 0.815. The molecule has 94 valence electrons. The Bertz CT molecular complexity index is 591. The van der Waals surface area contributed by atoms with Gasteiger partial charge >= 0.3 is 0 Å². The van der Waals surface area contributed by atoms with E-state index in [9.17, 15) is 4.79 Å². The van der Waals surface area contributed by atoms with Crippen LogP contribution in [0.2, 0.25) is 0 Å². The number of fused-ring (bicyclic) bond motifs is 1. The molecule has 2 aromatic rings. The van der Waals surface area contributed by atoms with Crippen LogP contribution in [0.1, 0.15) is 12.8 Å². The molecule has 0 aliphatic carbocycles. The van der Waals surface area contributed by atoms with Crippen LogP contribution in [0.15, 0.2) is 18.6 Å². The van der Waals surface area contributed by atoms with Crippen LogP contribution in [0, 0.1) is 0 Å². The molecule has 18 heavy (non-hydrogen) atoms. The van der Waals surface area contributed by atoms with Crippen LogP contribution in [0.5, 0.6) is 0 Å². The van der Waals surface area contributed by atoms with Gasteiger partial charge in [0.05, 0.1) is 11.8 Å². The van der Waals surface area contributed by atoms with Crippen molar-refractivity contribution >= 4 is 22.8 Å². The highest BCUT2D eigenvalue weighted by molar-refractivity contribution is 5.90. The summed E-state index contributed by atoms with van der Waals surface area (Å²) in [4.78, 5) is 20.3. The molecule has 1 aliphatic rings. The third kappa shape index (κ3) is 1.79. The molecule has 0 aromatic carbocycles. The van der Waals surface area contributed by atoms with Crippen molar-refractivity contribution in [3.63, 3.8) is 0 Å². The first-order valence-electron chi connectivity index (χ1n) is 6.06. The fourth-order valence-corrected chi connectivity index (χ4v) is 2.24. The third-order valence-corrected chi connectivity index (χ3v) is 3.24. The van der Waals surface area contributed by atoms with E-state index in [-0.39, 0.29) is 11.9 Å². The second kappa shape index (κ2) is 4.29. The molecular formula is C12H15N5O. The number of pyridine rings is 1. The Hall–Kier alpha value is -2.11. The summed E-state index contributed by atoms with van der Waals surface area (Å²) in [6.45, 7) is 0.762. The average molecular weight is 245 g/mol. The Labute approximate surface area is 104 Å². The van der Waals surface area contributed by atoms with Gasteiger partial charge < -0.3 is 15.2 Å². The third-order valence-electron chi connectivity index (χ3n) is 3.24. The van der Waals surface area contributed by atoms with Gasteiger partial charge in [0.1, 0.15) is 11.6 Å². The van der Waals surface area contributed by atoms with E-state index in [0.29, 0.717) is 5.82 Å². The number of carbonyl (C=O) groups is 1. The van der Waals surface area contributed by atoms with Gasteiger partial charge in [-0.25, -0.2) is 9.97 Å². The van der Waals surface area contributed by atoms with Gasteiger partial charge in [0.25, 0.3) is 0 Å². The van der Waals surface area contributed by atoms with Gasteiger partial charge in [-0.3, -0.25) is 4.79 Å². The number of hydrogen-bond acceptors (Lipinski definition) is 4. The van der Waals surface area contributed by atoms with Gasteiger partial charge in [-0.1, -0.05) is 0 Å². The lowest BCUT2D eigenvalue weighted by Crippen LogP contribution is -2.44. The van der Waals surface area contributed by atoms with E-state index in [0.717, 1.165) is 30.4 Å². The number of hydrogen-bond donors (Lipinski definition) is 2. The number of anilines is 1. The number of imidazole rings is 1. The van der Waals surface area contributed by atoms with Gasteiger partial charge in [0.15, 0.2) is 5.82 Å². The van der Waals surface area contributed by atoms with Crippen LogP contribution >= 0.6 is 0 Å². The van der Waals surface area contributed by atoms with E-state index in [4.69, 9.17) is 0 Å². The molecule has 0 spiro atoms. The molecule has 0 bridgehead atoms. The van der Waals surface area contributed by atoms with E-state index in [2.05, 4.69) is 20.6 Å². The lowest BCUT2D eigenvalue weighted by atomic mass is 10.1. The smallest absolute Gasteiger partial charge is 0.242 e. The summed E-state index contributed by atoms with van der Waals surface area (Å²) in [6.07, 6.45) is 5.30. The zero-order chi connectivity index (χ0) is 12.5. The number of nitrogens with zero attached hydrogens (tertiary/aromatic N) is 3. The lowest BCUT2D eigenvalue weighted by Gasteiger charge is -2.23. The molecule has 1 unspecified atom stereocenters. The number of aryl methyl sites for hydroxylation is 1. The number of piperidine rings is 1. The van der Waals surface area contributed by atoms with Gasteiger partial charge in [-0.15, -0.1) is 0 Å². The molecule has 2 N–H and O–H groups in total. The van der Waals surface area contributed by atoms with Crippen molar-refractivity contribution in [3.05, 3.63) is 18.6 Å². The van der Waals surface area contributed by atoms with Crippen LogP contribution < -0.4 is 10.6 Å². The number of aromatic nitrogens is 3. The van der Waals surface area contributed by atoms with Crippen LogP contribution in [0.4, 0.5) is 5.82 Å². The molecule has 1 fully saturated rings. The van der Waals surface area contributed by atoms with Crippen molar-refractivity contribution in [3.8, 4) is 0 Å². The standard InChI is InChI=1S/C12H15N5O/c1-17-7-15-10-9(17)4-6-13-11(10)16-8-3-2-5-14-12(8)18/h4,6-8H,2-3,5H2,1H3,(H,13,16)(H,14,18). The van der Waals surface area contributed by atoms with E-state index < -0.39 is 0 Å². The Morgan fingerprint density at radius 3 is 3.22 bits per heavy atom.